The molecule has 2 aromatic carbocycles. The molecule has 3 heteroatoms. The van der Waals surface area contributed by atoms with E-state index in [1.165, 1.54) is 0 Å². The lowest BCUT2D eigenvalue weighted by molar-refractivity contribution is 0.284. The van der Waals surface area contributed by atoms with Gasteiger partial charge < -0.3 is 14.1 Å². The van der Waals surface area contributed by atoms with E-state index in [-0.39, 0.29) is 0 Å². The van der Waals surface area contributed by atoms with Crippen molar-refractivity contribution in [2.24, 2.45) is 0 Å². The summed E-state index contributed by atoms with van der Waals surface area (Å²) in [5, 5.41) is 2.19. The van der Waals surface area contributed by atoms with Crippen molar-refractivity contribution in [1.29, 1.82) is 0 Å². The Morgan fingerprint density at radius 1 is 1.00 bits per heavy atom. The molecule has 0 unspecified atom stereocenters. The van der Waals surface area contributed by atoms with Crippen LogP contribution in [0.3, 0.4) is 0 Å². The minimum Gasteiger partial charge on any atom is -0.493 e. The summed E-state index contributed by atoms with van der Waals surface area (Å²) in [6.45, 7) is 1.75. The number of ether oxygens (including phenoxy) is 1. The molecule has 0 N–H and O–H groups in total. The molecule has 1 aromatic heterocycles. The largest absolute Gasteiger partial charge is 0.493 e. The van der Waals surface area contributed by atoms with Crippen LogP contribution in [0.15, 0.2) is 46.9 Å². The highest BCUT2D eigenvalue weighted by Crippen LogP contribution is 2.35. The first-order valence-electron chi connectivity index (χ1n) is 6.93. The molecule has 20 heavy (non-hydrogen) atoms. The number of para-hydroxylation sites is 1. The van der Waals surface area contributed by atoms with Gasteiger partial charge in [-0.1, -0.05) is 24.3 Å². The van der Waals surface area contributed by atoms with E-state index in [0.29, 0.717) is 0 Å². The molecule has 104 valence electrons. The number of hydrogen-bond acceptors (Lipinski definition) is 3. The Labute approximate surface area is 118 Å². The lowest BCUT2D eigenvalue weighted by Gasteiger charge is -2.10. The van der Waals surface area contributed by atoms with Gasteiger partial charge in [-0.15, -0.1) is 0 Å². The van der Waals surface area contributed by atoms with Gasteiger partial charge in [0.25, 0.3) is 0 Å². The maximum Gasteiger partial charge on any atom is 0.139 e. The predicted molar refractivity (Wildman–Crippen MR) is 82.4 cm³/mol. The molecule has 3 nitrogen and oxygen atoms in total. The third-order valence-electron chi connectivity index (χ3n) is 3.37. The van der Waals surface area contributed by atoms with Crippen LogP contribution in [-0.4, -0.2) is 32.1 Å². The molecule has 3 aromatic rings. The van der Waals surface area contributed by atoms with Gasteiger partial charge in [0.05, 0.1) is 12.0 Å². The number of nitrogens with zero attached hydrogens (tertiary/aromatic N) is 1. The molecular weight excluding hydrogens is 250 g/mol. The fraction of sp³-hybridized carbons (Fsp3) is 0.294. The molecule has 0 atom stereocenters. The molecule has 1 heterocycles. The van der Waals surface area contributed by atoms with E-state index in [2.05, 4.69) is 25.1 Å². The average Bonchev–Trinajstić information content (AvgIpc) is 2.82. The van der Waals surface area contributed by atoms with Gasteiger partial charge >= 0.3 is 0 Å². The summed E-state index contributed by atoms with van der Waals surface area (Å²) in [6.07, 6.45) is 1.01. The molecule has 0 bridgehead atoms. The van der Waals surface area contributed by atoms with Crippen molar-refractivity contribution in [1.82, 2.24) is 4.90 Å². The second kappa shape index (κ2) is 5.55. The second-order valence-corrected chi connectivity index (χ2v) is 5.23. The van der Waals surface area contributed by atoms with Gasteiger partial charge in [-0.25, -0.2) is 0 Å². The highest BCUT2D eigenvalue weighted by atomic mass is 16.5. The molecule has 0 aliphatic rings. The van der Waals surface area contributed by atoms with E-state index in [0.717, 1.165) is 47.3 Å². The smallest absolute Gasteiger partial charge is 0.139 e. The fourth-order valence-electron chi connectivity index (χ4n) is 2.43. The first-order valence-corrected chi connectivity index (χ1v) is 6.93. The van der Waals surface area contributed by atoms with Crippen molar-refractivity contribution in [3.05, 3.63) is 42.5 Å². The van der Waals surface area contributed by atoms with Crippen LogP contribution in [0.4, 0.5) is 0 Å². The SMILES string of the molecule is CN(C)CCCOc1cccc2oc3ccccc3c12. The molecule has 0 radical (unpaired) electrons. The molecule has 0 saturated carbocycles. The third-order valence-corrected chi connectivity index (χ3v) is 3.37. The first-order chi connectivity index (χ1) is 9.75. The zero-order chi connectivity index (χ0) is 13.9. The van der Waals surface area contributed by atoms with E-state index >= 15 is 0 Å². The highest BCUT2D eigenvalue weighted by molar-refractivity contribution is 6.08. The van der Waals surface area contributed by atoms with E-state index in [1.54, 1.807) is 0 Å². The van der Waals surface area contributed by atoms with Crippen molar-refractivity contribution in [3.8, 4) is 5.75 Å². The Morgan fingerprint density at radius 2 is 1.80 bits per heavy atom. The van der Waals surface area contributed by atoms with Crippen LogP contribution in [0, 0.1) is 0 Å². The number of hydrogen-bond donors (Lipinski definition) is 0. The molecular formula is C17H19NO2. The first kappa shape index (κ1) is 13.0. The van der Waals surface area contributed by atoms with E-state index in [4.69, 9.17) is 9.15 Å². The summed E-state index contributed by atoms with van der Waals surface area (Å²) < 4.78 is 11.8. The van der Waals surface area contributed by atoms with Gasteiger partial charge in [-0.05, 0) is 38.7 Å². The molecule has 0 fully saturated rings. The Bertz CT molecular complexity index is 715. The molecule has 0 spiro atoms. The average molecular weight is 269 g/mol. The molecule has 0 aliphatic carbocycles. The van der Waals surface area contributed by atoms with Gasteiger partial charge in [-0.3, -0.25) is 0 Å². The van der Waals surface area contributed by atoms with Crippen LogP contribution < -0.4 is 4.74 Å². The molecule has 3 rings (SSSR count). The molecule has 0 saturated heterocycles. The van der Waals surface area contributed by atoms with Crippen LogP contribution in [0.1, 0.15) is 6.42 Å². The van der Waals surface area contributed by atoms with Crippen LogP contribution in [0.2, 0.25) is 0 Å². The van der Waals surface area contributed by atoms with Gasteiger partial charge in [0, 0.05) is 11.9 Å². The van der Waals surface area contributed by atoms with E-state index < -0.39 is 0 Å². The summed E-state index contributed by atoms with van der Waals surface area (Å²) in [6, 6.07) is 14.1. The summed E-state index contributed by atoms with van der Waals surface area (Å²) in [5.41, 5.74) is 1.79. The van der Waals surface area contributed by atoms with E-state index in [1.807, 2.05) is 36.4 Å². The van der Waals surface area contributed by atoms with Gasteiger partial charge in [0.2, 0.25) is 0 Å². The topological polar surface area (TPSA) is 25.6 Å². The predicted octanol–water partition coefficient (Wildman–Crippen LogP) is 3.92. The van der Waals surface area contributed by atoms with Crippen LogP contribution in [0.25, 0.3) is 21.9 Å². The van der Waals surface area contributed by atoms with Crippen molar-refractivity contribution in [2.45, 2.75) is 6.42 Å². The lowest BCUT2D eigenvalue weighted by Crippen LogP contribution is -2.15. The Balaban J connectivity index is 1.90. The Kier molecular flexibility index (Phi) is 3.61. The number of rotatable bonds is 5. The normalized spacial score (nSPS) is 11.6. The third kappa shape index (κ3) is 2.49. The van der Waals surface area contributed by atoms with Crippen LogP contribution in [0.5, 0.6) is 5.75 Å². The number of furan rings is 1. The zero-order valence-corrected chi connectivity index (χ0v) is 11.9. The summed E-state index contributed by atoms with van der Waals surface area (Å²) >= 11 is 0. The summed E-state index contributed by atoms with van der Waals surface area (Å²) in [5.74, 6) is 0.909. The maximum absolute atomic E-state index is 5.95. The quantitative estimate of drug-likeness (QED) is 0.657. The van der Waals surface area contributed by atoms with E-state index in [9.17, 15) is 0 Å². The Morgan fingerprint density at radius 3 is 2.65 bits per heavy atom. The van der Waals surface area contributed by atoms with Gasteiger partial charge in [-0.2, -0.15) is 0 Å². The standard InChI is InChI=1S/C17H19NO2/c1-18(2)11-6-12-19-15-9-5-10-16-17(15)13-7-3-4-8-14(13)20-16/h3-5,7-10H,6,11-12H2,1-2H3. The van der Waals surface area contributed by atoms with Crippen molar-refractivity contribution in [3.63, 3.8) is 0 Å². The minimum absolute atomic E-state index is 0.719. The van der Waals surface area contributed by atoms with Crippen molar-refractivity contribution in [2.75, 3.05) is 27.2 Å². The van der Waals surface area contributed by atoms with Crippen LogP contribution in [-0.2, 0) is 0 Å². The fourth-order valence-corrected chi connectivity index (χ4v) is 2.43. The molecule has 0 aliphatic heterocycles. The Hall–Kier alpha value is -2.00. The van der Waals surface area contributed by atoms with Gasteiger partial charge in [0.15, 0.2) is 0 Å². The van der Waals surface area contributed by atoms with Gasteiger partial charge in [0.1, 0.15) is 16.9 Å². The second-order valence-electron chi connectivity index (χ2n) is 5.23. The van der Waals surface area contributed by atoms with Crippen molar-refractivity contribution >= 4 is 21.9 Å². The van der Waals surface area contributed by atoms with Crippen molar-refractivity contribution < 1.29 is 9.15 Å². The summed E-state index contributed by atoms with van der Waals surface area (Å²) in [7, 11) is 4.15. The lowest BCUT2D eigenvalue weighted by atomic mass is 10.1. The highest BCUT2D eigenvalue weighted by Gasteiger charge is 2.11. The minimum atomic E-state index is 0.719. The molecule has 0 amide bonds. The maximum atomic E-state index is 5.95. The zero-order valence-electron chi connectivity index (χ0n) is 11.9. The number of fused-ring (bicyclic) bond motifs is 3. The summed E-state index contributed by atoms with van der Waals surface area (Å²) in [4.78, 5) is 2.16. The van der Waals surface area contributed by atoms with Crippen LogP contribution >= 0.6 is 0 Å². The monoisotopic (exact) mass is 269 g/mol. The number of benzene rings is 2.